The average Bonchev–Trinajstić information content (AvgIpc) is 2.92. The van der Waals surface area contributed by atoms with E-state index in [9.17, 15) is 9.59 Å². The largest absolute Gasteiger partial charge is 0.492 e. The lowest BCUT2D eigenvalue weighted by atomic mass is 9.91. The molecule has 2 aliphatic heterocycles. The van der Waals surface area contributed by atoms with E-state index in [0.29, 0.717) is 58.6 Å². The fraction of sp³-hybridized carbons (Fsp3) is 0.556. The lowest BCUT2D eigenvalue weighted by molar-refractivity contribution is -0.134. The van der Waals surface area contributed by atoms with Gasteiger partial charge >= 0.3 is 6.09 Å². The van der Waals surface area contributed by atoms with Crippen molar-refractivity contribution < 1.29 is 19.1 Å². The monoisotopic (exact) mass is 383 g/mol. The smallest absolute Gasteiger partial charge is 0.410 e. The second kappa shape index (κ2) is 9.09. The van der Waals surface area contributed by atoms with E-state index >= 15 is 0 Å². The highest BCUT2D eigenvalue weighted by Crippen LogP contribution is 2.33. The van der Waals surface area contributed by atoms with Gasteiger partial charge in [-0.05, 0) is 12.1 Å². The molecule has 2 fully saturated rings. The van der Waals surface area contributed by atoms with E-state index < -0.39 is 5.60 Å². The van der Waals surface area contributed by atoms with Gasteiger partial charge in [0.05, 0.1) is 13.1 Å². The summed E-state index contributed by atoms with van der Waals surface area (Å²) in [6.45, 7) is 3.07. The summed E-state index contributed by atoms with van der Waals surface area (Å²) in [5.74, 6) is 0.867. The molecule has 26 heavy (non-hydrogen) atoms. The Kier molecular flexibility index (Phi) is 7.11. The van der Waals surface area contributed by atoms with Gasteiger partial charge in [-0.3, -0.25) is 4.79 Å². The number of carbonyl (C=O) groups excluding carboxylic acids is 2. The van der Waals surface area contributed by atoms with Crippen LogP contribution in [-0.2, 0) is 9.53 Å². The van der Waals surface area contributed by atoms with Gasteiger partial charge in [-0.25, -0.2) is 4.79 Å². The molecule has 2 aliphatic rings. The number of nitrogens with two attached hydrogens (primary N) is 1. The molecule has 0 saturated carbocycles. The first-order valence-electron chi connectivity index (χ1n) is 8.75. The zero-order chi connectivity index (χ0) is 17.7. The van der Waals surface area contributed by atoms with E-state index in [-0.39, 0.29) is 24.4 Å². The van der Waals surface area contributed by atoms with Crippen LogP contribution in [0.15, 0.2) is 30.3 Å². The highest BCUT2D eigenvalue weighted by Gasteiger charge is 2.47. The minimum absolute atomic E-state index is 0. The van der Waals surface area contributed by atoms with Crippen molar-refractivity contribution in [1.82, 2.24) is 9.80 Å². The van der Waals surface area contributed by atoms with Crippen molar-refractivity contribution in [1.29, 1.82) is 0 Å². The van der Waals surface area contributed by atoms with Gasteiger partial charge in [0, 0.05) is 38.9 Å². The van der Waals surface area contributed by atoms with Crippen molar-refractivity contribution in [2.75, 3.05) is 39.3 Å². The lowest BCUT2D eigenvalue weighted by Crippen LogP contribution is -2.49. The number of piperidine rings is 1. The summed E-state index contributed by atoms with van der Waals surface area (Å²) in [4.78, 5) is 27.6. The van der Waals surface area contributed by atoms with Crippen LogP contribution in [0.4, 0.5) is 4.79 Å². The summed E-state index contributed by atoms with van der Waals surface area (Å²) in [7, 11) is 0. The maximum atomic E-state index is 12.2. The van der Waals surface area contributed by atoms with Crippen LogP contribution in [0.25, 0.3) is 0 Å². The normalized spacial score (nSPS) is 18.4. The van der Waals surface area contributed by atoms with Crippen molar-refractivity contribution in [2.24, 2.45) is 5.73 Å². The molecule has 2 saturated heterocycles. The van der Waals surface area contributed by atoms with Crippen LogP contribution in [-0.4, -0.2) is 66.7 Å². The van der Waals surface area contributed by atoms with Gasteiger partial charge in [0.15, 0.2) is 0 Å². The number of carbonyl (C=O) groups is 2. The number of amides is 2. The number of benzene rings is 1. The highest BCUT2D eigenvalue weighted by molar-refractivity contribution is 5.85. The fourth-order valence-corrected chi connectivity index (χ4v) is 3.36. The molecule has 1 aromatic rings. The molecule has 1 aromatic carbocycles. The van der Waals surface area contributed by atoms with Gasteiger partial charge in [0.25, 0.3) is 0 Å². The molecule has 8 heteroatoms. The summed E-state index contributed by atoms with van der Waals surface area (Å²) in [6.07, 6.45) is 1.42. The predicted octanol–water partition coefficient (Wildman–Crippen LogP) is 1.65. The minimum atomic E-state index is -0.469. The van der Waals surface area contributed by atoms with Crippen LogP contribution < -0.4 is 10.5 Å². The Morgan fingerprint density at radius 3 is 2.58 bits per heavy atom. The van der Waals surface area contributed by atoms with Crippen LogP contribution >= 0.6 is 12.4 Å². The molecule has 144 valence electrons. The third-order valence-electron chi connectivity index (χ3n) is 4.80. The van der Waals surface area contributed by atoms with Gasteiger partial charge < -0.3 is 25.0 Å². The van der Waals surface area contributed by atoms with Gasteiger partial charge in [-0.1, -0.05) is 18.2 Å². The summed E-state index contributed by atoms with van der Waals surface area (Å²) in [6, 6.07) is 9.52. The van der Waals surface area contributed by atoms with Crippen molar-refractivity contribution in [3.8, 4) is 5.75 Å². The first kappa shape index (κ1) is 20.3. The first-order chi connectivity index (χ1) is 12.1. The number of rotatable bonds is 6. The van der Waals surface area contributed by atoms with Gasteiger partial charge in [-0.15, -0.1) is 12.4 Å². The van der Waals surface area contributed by atoms with Crippen LogP contribution in [0.5, 0.6) is 5.75 Å². The Hall–Kier alpha value is -1.99. The number of likely N-dealkylation sites (tertiary alicyclic amines) is 1. The molecule has 0 unspecified atom stereocenters. The molecule has 0 aliphatic carbocycles. The number of halogens is 1. The maximum absolute atomic E-state index is 12.2. The van der Waals surface area contributed by atoms with E-state index in [1.54, 1.807) is 4.90 Å². The number of para-hydroxylation sites is 1. The van der Waals surface area contributed by atoms with Gasteiger partial charge in [0.2, 0.25) is 5.91 Å². The Bertz CT molecular complexity index is 606. The first-order valence-corrected chi connectivity index (χ1v) is 8.75. The maximum Gasteiger partial charge on any atom is 0.410 e. The topological polar surface area (TPSA) is 85.1 Å². The van der Waals surface area contributed by atoms with Crippen molar-refractivity contribution in [3.05, 3.63) is 30.3 Å². The predicted molar refractivity (Wildman–Crippen MR) is 99.5 cm³/mol. The Morgan fingerprint density at radius 2 is 1.92 bits per heavy atom. The summed E-state index contributed by atoms with van der Waals surface area (Å²) >= 11 is 0. The summed E-state index contributed by atoms with van der Waals surface area (Å²) < 4.78 is 11.3. The molecule has 0 radical (unpaired) electrons. The van der Waals surface area contributed by atoms with E-state index in [4.69, 9.17) is 15.2 Å². The zero-order valence-electron chi connectivity index (χ0n) is 14.8. The quantitative estimate of drug-likeness (QED) is 0.807. The third-order valence-corrected chi connectivity index (χ3v) is 4.80. The molecule has 0 atom stereocenters. The molecule has 2 heterocycles. The molecule has 1 spiro atoms. The van der Waals surface area contributed by atoms with E-state index in [1.807, 2.05) is 35.2 Å². The molecule has 0 aromatic heterocycles. The molecule has 2 N–H and O–H groups in total. The molecule has 3 rings (SSSR count). The number of hydrogen-bond acceptors (Lipinski definition) is 5. The Balaban J connectivity index is 0.00000243. The Morgan fingerprint density at radius 1 is 1.23 bits per heavy atom. The second-order valence-electron chi connectivity index (χ2n) is 6.55. The minimum Gasteiger partial charge on any atom is -0.492 e. The number of hydrogen-bond donors (Lipinski definition) is 1. The molecule has 7 nitrogen and oxygen atoms in total. The molecule has 0 bridgehead atoms. The zero-order valence-corrected chi connectivity index (χ0v) is 15.6. The SMILES string of the molecule is Cl.NCCC(=O)N1CCC2(CC1)CN(CCOc1ccccc1)C(=O)O2. The highest BCUT2D eigenvalue weighted by atomic mass is 35.5. The number of nitrogens with zero attached hydrogens (tertiary/aromatic N) is 2. The van der Waals surface area contributed by atoms with Crippen LogP contribution in [0.2, 0.25) is 0 Å². The van der Waals surface area contributed by atoms with Crippen LogP contribution in [0.3, 0.4) is 0 Å². The molecule has 2 amide bonds. The average molecular weight is 384 g/mol. The van der Waals surface area contributed by atoms with Gasteiger partial charge in [0.1, 0.15) is 18.0 Å². The van der Waals surface area contributed by atoms with Gasteiger partial charge in [-0.2, -0.15) is 0 Å². The standard InChI is InChI=1S/C18H25N3O4.ClH/c19-9-6-16(22)20-10-7-18(8-11-20)14-21(17(23)25-18)12-13-24-15-4-2-1-3-5-15;/h1-5H,6-14,19H2;1H. The molecular weight excluding hydrogens is 358 g/mol. The van der Waals surface area contributed by atoms with Crippen LogP contribution in [0, 0.1) is 0 Å². The lowest BCUT2D eigenvalue weighted by Gasteiger charge is -2.37. The third kappa shape index (κ3) is 4.80. The summed E-state index contributed by atoms with van der Waals surface area (Å²) in [5.41, 5.74) is 4.97. The van der Waals surface area contributed by atoms with Crippen molar-refractivity contribution in [2.45, 2.75) is 24.9 Å². The van der Waals surface area contributed by atoms with Crippen molar-refractivity contribution >= 4 is 24.4 Å². The van der Waals surface area contributed by atoms with Crippen molar-refractivity contribution in [3.63, 3.8) is 0 Å². The van der Waals surface area contributed by atoms with Crippen LogP contribution in [0.1, 0.15) is 19.3 Å². The van der Waals surface area contributed by atoms with E-state index in [2.05, 4.69) is 0 Å². The summed E-state index contributed by atoms with van der Waals surface area (Å²) in [5, 5.41) is 0. The second-order valence-corrected chi connectivity index (χ2v) is 6.55. The molecular formula is C18H26ClN3O4. The van der Waals surface area contributed by atoms with E-state index in [1.165, 1.54) is 0 Å². The number of ether oxygens (including phenoxy) is 2. The fourth-order valence-electron chi connectivity index (χ4n) is 3.36. The Labute approximate surface area is 159 Å². The van der Waals surface area contributed by atoms with E-state index in [0.717, 1.165) is 5.75 Å².